The van der Waals surface area contributed by atoms with E-state index >= 15 is 0 Å². The van der Waals surface area contributed by atoms with Crippen molar-refractivity contribution in [3.8, 4) is 0 Å². The van der Waals surface area contributed by atoms with E-state index in [1.165, 1.54) is 4.90 Å². The number of alkyl halides is 3. The third-order valence-electron chi connectivity index (χ3n) is 3.01. The van der Waals surface area contributed by atoms with Crippen molar-refractivity contribution in [2.24, 2.45) is 0 Å². The molecule has 0 bridgehead atoms. The maximum absolute atomic E-state index is 12.6. The summed E-state index contributed by atoms with van der Waals surface area (Å²) in [5, 5.41) is 0. The molecule has 1 saturated heterocycles. The van der Waals surface area contributed by atoms with E-state index in [1.54, 1.807) is 4.90 Å². The lowest BCUT2D eigenvalue weighted by molar-refractivity contribution is -0.137. The lowest BCUT2D eigenvalue weighted by Crippen LogP contribution is -2.36. The van der Waals surface area contributed by atoms with E-state index in [9.17, 15) is 18.0 Å². The van der Waals surface area contributed by atoms with Crippen molar-refractivity contribution in [2.75, 3.05) is 18.0 Å². The van der Waals surface area contributed by atoms with Crippen molar-refractivity contribution >= 4 is 11.8 Å². The summed E-state index contributed by atoms with van der Waals surface area (Å²) in [6.07, 6.45) is -3.36. The Balaban J connectivity index is 2.27. The van der Waals surface area contributed by atoms with Crippen molar-refractivity contribution in [3.05, 3.63) is 23.9 Å². The second-order valence-electron chi connectivity index (χ2n) is 4.62. The van der Waals surface area contributed by atoms with Crippen LogP contribution in [0.3, 0.4) is 0 Å². The molecule has 0 spiro atoms. The number of nitrogens with zero attached hydrogens (tertiary/aromatic N) is 3. The Morgan fingerprint density at radius 2 is 2.00 bits per heavy atom. The van der Waals surface area contributed by atoms with E-state index in [1.807, 2.05) is 13.8 Å². The summed E-state index contributed by atoms with van der Waals surface area (Å²) in [6.45, 7) is 4.57. The quantitative estimate of drug-likeness (QED) is 0.830. The van der Waals surface area contributed by atoms with Gasteiger partial charge in [-0.3, -0.25) is 4.90 Å². The van der Waals surface area contributed by atoms with Gasteiger partial charge < -0.3 is 4.90 Å². The molecule has 0 saturated carbocycles. The standard InChI is InChI=1S/C12H14F3N3O/c1-8(2)17-5-6-18(11(17)19)10-7-9(3-4-16-10)12(13,14)15/h3-4,7-8H,5-6H2,1-2H3. The smallest absolute Gasteiger partial charge is 0.320 e. The third-order valence-corrected chi connectivity index (χ3v) is 3.01. The summed E-state index contributed by atoms with van der Waals surface area (Å²) in [6, 6.07) is 1.51. The van der Waals surface area contributed by atoms with Crippen LogP contribution in [-0.2, 0) is 6.18 Å². The molecule has 0 unspecified atom stereocenters. The van der Waals surface area contributed by atoms with E-state index in [-0.39, 0.29) is 17.9 Å². The Labute approximate surface area is 108 Å². The fraction of sp³-hybridized carbons (Fsp3) is 0.500. The first-order valence-electron chi connectivity index (χ1n) is 5.92. The number of aromatic nitrogens is 1. The Hall–Kier alpha value is -1.79. The van der Waals surface area contributed by atoms with Gasteiger partial charge in [-0.1, -0.05) is 0 Å². The largest absolute Gasteiger partial charge is 0.416 e. The van der Waals surface area contributed by atoms with Gasteiger partial charge in [-0.2, -0.15) is 13.2 Å². The topological polar surface area (TPSA) is 36.4 Å². The molecule has 2 rings (SSSR count). The minimum absolute atomic E-state index is 0.0169. The first-order chi connectivity index (χ1) is 8.80. The number of carbonyl (C=O) groups excluding carboxylic acids is 1. The highest BCUT2D eigenvalue weighted by molar-refractivity contribution is 5.93. The molecule has 2 heterocycles. The molecule has 0 aromatic carbocycles. The minimum atomic E-state index is -4.43. The normalized spacial score (nSPS) is 16.6. The van der Waals surface area contributed by atoms with Crippen molar-refractivity contribution in [1.29, 1.82) is 0 Å². The molecule has 1 aliphatic rings. The molecule has 0 atom stereocenters. The number of hydrogen-bond acceptors (Lipinski definition) is 2. The summed E-state index contributed by atoms with van der Waals surface area (Å²) >= 11 is 0. The van der Waals surface area contributed by atoms with Crippen LogP contribution in [0, 0.1) is 0 Å². The number of halogens is 3. The van der Waals surface area contributed by atoms with Crippen LogP contribution in [0.2, 0.25) is 0 Å². The van der Waals surface area contributed by atoms with Crippen LogP contribution in [-0.4, -0.2) is 35.0 Å². The van der Waals surface area contributed by atoms with Crippen LogP contribution in [0.1, 0.15) is 19.4 Å². The molecular formula is C12H14F3N3O. The fourth-order valence-electron chi connectivity index (χ4n) is 1.99. The van der Waals surface area contributed by atoms with Gasteiger partial charge in [0.15, 0.2) is 0 Å². The second-order valence-corrected chi connectivity index (χ2v) is 4.62. The Kier molecular flexibility index (Phi) is 3.38. The van der Waals surface area contributed by atoms with Crippen molar-refractivity contribution < 1.29 is 18.0 Å². The average Bonchev–Trinajstić information content (AvgIpc) is 2.70. The molecule has 4 nitrogen and oxygen atoms in total. The van der Waals surface area contributed by atoms with E-state index in [2.05, 4.69) is 4.98 Å². The molecule has 0 N–H and O–H groups in total. The lowest BCUT2D eigenvalue weighted by Gasteiger charge is -2.21. The Morgan fingerprint density at radius 1 is 1.32 bits per heavy atom. The molecule has 2 amide bonds. The second kappa shape index (κ2) is 4.71. The molecule has 1 fully saturated rings. The fourth-order valence-corrected chi connectivity index (χ4v) is 1.99. The van der Waals surface area contributed by atoms with Crippen LogP contribution >= 0.6 is 0 Å². The highest BCUT2D eigenvalue weighted by Crippen LogP contribution is 2.31. The molecular weight excluding hydrogens is 259 g/mol. The van der Waals surface area contributed by atoms with Gasteiger partial charge in [-0.15, -0.1) is 0 Å². The zero-order chi connectivity index (χ0) is 14.2. The van der Waals surface area contributed by atoms with Gasteiger partial charge in [-0.05, 0) is 26.0 Å². The van der Waals surface area contributed by atoms with Crippen molar-refractivity contribution in [1.82, 2.24) is 9.88 Å². The first kappa shape index (κ1) is 13.6. The van der Waals surface area contributed by atoms with Crippen molar-refractivity contribution in [2.45, 2.75) is 26.1 Å². The van der Waals surface area contributed by atoms with Gasteiger partial charge in [0.1, 0.15) is 5.82 Å². The lowest BCUT2D eigenvalue weighted by atomic mass is 10.2. The highest BCUT2D eigenvalue weighted by atomic mass is 19.4. The SMILES string of the molecule is CC(C)N1CCN(c2cc(C(F)(F)F)ccn2)C1=O. The summed E-state index contributed by atoms with van der Waals surface area (Å²) < 4.78 is 37.8. The summed E-state index contributed by atoms with van der Waals surface area (Å²) in [4.78, 5) is 18.8. The van der Waals surface area contributed by atoms with Gasteiger partial charge in [0.05, 0.1) is 5.56 Å². The summed E-state index contributed by atoms with van der Waals surface area (Å²) in [7, 11) is 0. The molecule has 0 aliphatic carbocycles. The minimum Gasteiger partial charge on any atom is -0.320 e. The number of urea groups is 1. The Bertz CT molecular complexity index is 487. The van der Waals surface area contributed by atoms with Gasteiger partial charge in [0.2, 0.25) is 0 Å². The van der Waals surface area contributed by atoms with E-state index in [4.69, 9.17) is 0 Å². The molecule has 7 heteroatoms. The number of carbonyl (C=O) groups is 1. The third kappa shape index (κ3) is 2.64. The first-order valence-corrected chi connectivity index (χ1v) is 5.92. The van der Waals surface area contributed by atoms with E-state index in [0.717, 1.165) is 18.3 Å². The molecule has 0 radical (unpaired) electrons. The number of rotatable bonds is 2. The van der Waals surface area contributed by atoms with Crippen LogP contribution in [0.15, 0.2) is 18.3 Å². The number of pyridine rings is 1. The highest BCUT2D eigenvalue weighted by Gasteiger charge is 2.35. The van der Waals surface area contributed by atoms with Gasteiger partial charge in [-0.25, -0.2) is 9.78 Å². The Morgan fingerprint density at radius 3 is 2.53 bits per heavy atom. The van der Waals surface area contributed by atoms with Crippen LogP contribution in [0.5, 0.6) is 0 Å². The van der Waals surface area contributed by atoms with Gasteiger partial charge in [0.25, 0.3) is 0 Å². The predicted octanol–water partition coefficient (Wildman–Crippen LogP) is 2.75. The maximum Gasteiger partial charge on any atom is 0.416 e. The molecule has 19 heavy (non-hydrogen) atoms. The number of hydrogen-bond donors (Lipinski definition) is 0. The number of anilines is 1. The molecule has 1 aromatic heterocycles. The van der Waals surface area contributed by atoms with E-state index in [0.29, 0.717) is 13.1 Å². The summed E-state index contributed by atoms with van der Waals surface area (Å²) in [5.41, 5.74) is -0.798. The van der Waals surface area contributed by atoms with Crippen molar-refractivity contribution in [3.63, 3.8) is 0 Å². The molecule has 104 valence electrons. The molecule has 1 aliphatic heterocycles. The molecule has 1 aromatic rings. The zero-order valence-corrected chi connectivity index (χ0v) is 10.6. The predicted molar refractivity (Wildman–Crippen MR) is 63.8 cm³/mol. The van der Waals surface area contributed by atoms with Crippen LogP contribution in [0.4, 0.5) is 23.8 Å². The van der Waals surface area contributed by atoms with E-state index < -0.39 is 11.7 Å². The zero-order valence-electron chi connectivity index (χ0n) is 10.6. The summed E-state index contributed by atoms with van der Waals surface area (Å²) in [5.74, 6) is 0.0444. The monoisotopic (exact) mass is 273 g/mol. The van der Waals surface area contributed by atoms with Gasteiger partial charge in [0, 0.05) is 25.3 Å². The maximum atomic E-state index is 12.6. The number of amides is 2. The average molecular weight is 273 g/mol. The van der Waals surface area contributed by atoms with Crippen LogP contribution < -0.4 is 4.90 Å². The van der Waals surface area contributed by atoms with Crippen LogP contribution in [0.25, 0.3) is 0 Å². The van der Waals surface area contributed by atoms with Gasteiger partial charge >= 0.3 is 12.2 Å².